The Morgan fingerprint density at radius 2 is 1.67 bits per heavy atom. The Bertz CT molecular complexity index is 1260. The molecular formula is C23H18N4OS2. The molecule has 3 aromatic carbocycles. The largest absolute Gasteiger partial charge is 0.496 e. The van der Waals surface area contributed by atoms with E-state index in [0.29, 0.717) is 0 Å². The first kappa shape index (κ1) is 18.8. The molecule has 30 heavy (non-hydrogen) atoms. The van der Waals surface area contributed by atoms with Crippen LogP contribution in [-0.4, -0.2) is 26.9 Å². The SMILES string of the molecule is COc1ccccc1-c1nnc(SCc2nc3ccccc3s2)n1-c1ccccc1. The zero-order valence-corrected chi connectivity index (χ0v) is 17.9. The van der Waals surface area contributed by atoms with Crippen LogP contribution in [-0.2, 0) is 5.75 Å². The normalized spacial score (nSPS) is 11.1. The summed E-state index contributed by atoms with van der Waals surface area (Å²) >= 11 is 3.35. The fourth-order valence-electron chi connectivity index (χ4n) is 3.29. The number of nitrogens with zero attached hydrogens (tertiary/aromatic N) is 4. The summed E-state index contributed by atoms with van der Waals surface area (Å²) in [5.41, 5.74) is 2.95. The van der Waals surface area contributed by atoms with Crippen LogP contribution in [0.2, 0.25) is 0 Å². The minimum atomic E-state index is 0.732. The van der Waals surface area contributed by atoms with Crippen LogP contribution in [0.25, 0.3) is 27.3 Å². The lowest BCUT2D eigenvalue weighted by molar-refractivity contribution is 0.416. The van der Waals surface area contributed by atoms with E-state index in [1.165, 1.54) is 4.70 Å². The highest BCUT2D eigenvalue weighted by atomic mass is 32.2. The van der Waals surface area contributed by atoms with Crippen molar-refractivity contribution in [1.82, 2.24) is 19.7 Å². The second-order valence-electron chi connectivity index (χ2n) is 6.54. The minimum absolute atomic E-state index is 0.732. The molecule has 0 atom stereocenters. The van der Waals surface area contributed by atoms with Gasteiger partial charge in [-0.3, -0.25) is 4.57 Å². The van der Waals surface area contributed by atoms with Crippen LogP contribution in [0.5, 0.6) is 5.75 Å². The number of fused-ring (bicyclic) bond motifs is 1. The summed E-state index contributed by atoms with van der Waals surface area (Å²) in [7, 11) is 1.67. The van der Waals surface area contributed by atoms with Gasteiger partial charge in [0, 0.05) is 5.69 Å². The second kappa shape index (κ2) is 8.30. The van der Waals surface area contributed by atoms with Crippen molar-refractivity contribution >= 4 is 33.3 Å². The van der Waals surface area contributed by atoms with Crippen molar-refractivity contribution in [3.63, 3.8) is 0 Å². The third-order valence-electron chi connectivity index (χ3n) is 4.66. The molecule has 0 saturated carbocycles. The maximum Gasteiger partial charge on any atom is 0.196 e. The first-order valence-corrected chi connectivity index (χ1v) is 11.2. The van der Waals surface area contributed by atoms with Gasteiger partial charge in [0.25, 0.3) is 0 Å². The molecule has 5 aromatic rings. The standard InChI is InChI=1S/C23H18N4OS2/c1-28-19-13-7-5-11-17(19)22-25-26-23(27(22)16-9-3-2-4-10-16)29-15-21-24-18-12-6-8-14-20(18)30-21/h2-14H,15H2,1H3. The van der Waals surface area contributed by atoms with Crippen LogP contribution >= 0.6 is 23.1 Å². The van der Waals surface area contributed by atoms with E-state index in [0.717, 1.165) is 44.3 Å². The molecule has 0 aliphatic carbocycles. The van der Waals surface area contributed by atoms with Crippen molar-refractivity contribution < 1.29 is 4.74 Å². The Morgan fingerprint density at radius 1 is 0.900 bits per heavy atom. The molecular weight excluding hydrogens is 412 g/mol. The average Bonchev–Trinajstić information content (AvgIpc) is 3.42. The van der Waals surface area contributed by atoms with Crippen molar-refractivity contribution in [2.45, 2.75) is 10.9 Å². The molecule has 5 rings (SSSR count). The Morgan fingerprint density at radius 3 is 2.50 bits per heavy atom. The van der Waals surface area contributed by atoms with Gasteiger partial charge in [0.1, 0.15) is 10.8 Å². The predicted octanol–water partition coefficient (Wildman–Crippen LogP) is 5.84. The molecule has 0 aliphatic rings. The van der Waals surface area contributed by atoms with Gasteiger partial charge in [0.05, 0.1) is 28.6 Å². The number of thiazole rings is 1. The molecule has 0 amide bonds. The van der Waals surface area contributed by atoms with Crippen LogP contribution < -0.4 is 4.74 Å². The molecule has 0 N–H and O–H groups in total. The monoisotopic (exact) mass is 430 g/mol. The van der Waals surface area contributed by atoms with Crippen LogP contribution in [0.4, 0.5) is 0 Å². The third kappa shape index (κ3) is 3.58. The van der Waals surface area contributed by atoms with Crippen molar-refractivity contribution in [3.8, 4) is 22.8 Å². The van der Waals surface area contributed by atoms with E-state index in [2.05, 4.69) is 33.0 Å². The molecule has 7 heteroatoms. The average molecular weight is 431 g/mol. The lowest BCUT2D eigenvalue weighted by Gasteiger charge is -2.12. The van der Waals surface area contributed by atoms with Crippen molar-refractivity contribution in [1.29, 1.82) is 0 Å². The predicted molar refractivity (Wildman–Crippen MR) is 123 cm³/mol. The number of hydrogen-bond donors (Lipinski definition) is 0. The highest BCUT2D eigenvalue weighted by molar-refractivity contribution is 7.98. The van der Waals surface area contributed by atoms with Crippen LogP contribution in [0.15, 0.2) is 84.0 Å². The summed E-state index contributed by atoms with van der Waals surface area (Å²) in [5, 5.41) is 10.9. The number of ether oxygens (including phenoxy) is 1. The van der Waals surface area contributed by atoms with Gasteiger partial charge in [-0.2, -0.15) is 0 Å². The molecule has 0 saturated heterocycles. The first-order chi connectivity index (χ1) is 14.8. The maximum absolute atomic E-state index is 5.57. The van der Waals surface area contributed by atoms with Gasteiger partial charge in [0.2, 0.25) is 0 Å². The van der Waals surface area contributed by atoms with E-state index in [1.807, 2.05) is 60.7 Å². The molecule has 0 radical (unpaired) electrons. The van der Waals surface area contributed by atoms with E-state index >= 15 is 0 Å². The van der Waals surface area contributed by atoms with Crippen molar-refractivity contribution in [3.05, 3.63) is 83.9 Å². The molecule has 0 unspecified atom stereocenters. The van der Waals surface area contributed by atoms with E-state index in [9.17, 15) is 0 Å². The second-order valence-corrected chi connectivity index (χ2v) is 8.60. The number of rotatable bonds is 6. The highest BCUT2D eigenvalue weighted by Crippen LogP contribution is 2.34. The van der Waals surface area contributed by atoms with Gasteiger partial charge in [-0.1, -0.05) is 54.2 Å². The summed E-state index contributed by atoms with van der Waals surface area (Å²) < 4.78 is 8.85. The lowest BCUT2D eigenvalue weighted by Crippen LogP contribution is -2.00. The summed E-state index contributed by atoms with van der Waals surface area (Å²) in [6, 6.07) is 26.3. The summed E-state index contributed by atoms with van der Waals surface area (Å²) in [6.07, 6.45) is 0. The van der Waals surface area contributed by atoms with Crippen LogP contribution in [0.3, 0.4) is 0 Å². The molecule has 148 valence electrons. The molecule has 0 spiro atoms. The Labute approximate surface area is 182 Å². The van der Waals surface area contributed by atoms with E-state index in [4.69, 9.17) is 9.72 Å². The summed E-state index contributed by atoms with van der Waals surface area (Å²) in [5.74, 6) is 2.26. The van der Waals surface area contributed by atoms with Gasteiger partial charge in [-0.05, 0) is 36.4 Å². The summed E-state index contributed by atoms with van der Waals surface area (Å²) in [6.45, 7) is 0. The van der Waals surface area contributed by atoms with Gasteiger partial charge in [-0.25, -0.2) is 4.98 Å². The van der Waals surface area contributed by atoms with Crippen molar-refractivity contribution in [2.75, 3.05) is 7.11 Å². The zero-order chi connectivity index (χ0) is 20.3. The van der Waals surface area contributed by atoms with Gasteiger partial charge in [0.15, 0.2) is 11.0 Å². The Hall–Kier alpha value is -3.16. The Balaban J connectivity index is 1.54. The quantitative estimate of drug-likeness (QED) is 0.317. The van der Waals surface area contributed by atoms with Gasteiger partial charge in [-0.15, -0.1) is 21.5 Å². The Kier molecular flexibility index (Phi) is 5.21. The van der Waals surface area contributed by atoms with E-state index in [1.54, 1.807) is 30.2 Å². The van der Waals surface area contributed by atoms with Gasteiger partial charge < -0.3 is 4.74 Å². The molecule has 5 nitrogen and oxygen atoms in total. The number of hydrogen-bond acceptors (Lipinski definition) is 6. The third-order valence-corrected chi connectivity index (χ3v) is 6.82. The van der Waals surface area contributed by atoms with E-state index in [-0.39, 0.29) is 0 Å². The molecule has 0 aliphatic heterocycles. The molecule has 2 aromatic heterocycles. The van der Waals surface area contributed by atoms with Crippen LogP contribution in [0, 0.1) is 0 Å². The maximum atomic E-state index is 5.57. The molecule has 0 bridgehead atoms. The topological polar surface area (TPSA) is 52.8 Å². The highest BCUT2D eigenvalue weighted by Gasteiger charge is 2.19. The first-order valence-electron chi connectivity index (χ1n) is 9.45. The smallest absolute Gasteiger partial charge is 0.196 e. The molecule has 2 heterocycles. The fraction of sp³-hybridized carbons (Fsp3) is 0.0870. The lowest BCUT2D eigenvalue weighted by atomic mass is 10.2. The number of aromatic nitrogens is 4. The van der Waals surface area contributed by atoms with Gasteiger partial charge >= 0.3 is 0 Å². The van der Waals surface area contributed by atoms with Crippen molar-refractivity contribution in [2.24, 2.45) is 0 Å². The summed E-state index contributed by atoms with van der Waals surface area (Å²) in [4.78, 5) is 4.74. The molecule has 0 fully saturated rings. The van der Waals surface area contributed by atoms with E-state index < -0.39 is 0 Å². The van der Waals surface area contributed by atoms with Crippen LogP contribution in [0.1, 0.15) is 5.01 Å². The number of methoxy groups -OCH3 is 1. The fourth-order valence-corrected chi connectivity index (χ4v) is 5.20. The number of benzene rings is 3. The zero-order valence-electron chi connectivity index (χ0n) is 16.2. The number of para-hydroxylation sites is 3. The minimum Gasteiger partial charge on any atom is -0.496 e. The number of thioether (sulfide) groups is 1.